The van der Waals surface area contributed by atoms with Crippen LogP contribution in [0.1, 0.15) is 32.3 Å². The van der Waals surface area contributed by atoms with E-state index >= 15 is 0 Å². The molecule has 4 heteroatoms. The molecule has 0 aliphatic carbocycles. The minimum Gasteiger partial charge on any atom is -0.493 e. The monoisotopic (exact) mass is 341 g/mol. The van der Waals surface area contributed by atoms with Crippen LogP contribution in [0.25, 0.3) is 0 Å². The minimum atomic E-state index is 0.165. The third-order valence-electron chi connectivity index (χ3n) is 3.23. The van der Waals surface area contributed by atoms with Gasteiger partial charge in [-0.05, 0) is 58.5 Å². The summed E-state index contributed by atoms with van der Waals surface area (Å²) in [6.07, 6.45) is 2.69. The fourth-order valence-electron chi connectivity index (χ4n) is 1.75. The van der Waals surface area contributed by atoms with Crippen molar-refractivity contribution in [1.82, 2.24) is 0 Å². The first-order chi connectivity index (χ1) is 9.51. The van der Waals surface area contributed by atoms with Gasteiger partial charge in [0.15, 0.2) is 11.5 Å². The van der Waals surface area contributed by atoms with Gasteiger partial charge in [0.05, 0.1) is 11.6 Å². The molecular formula is C16H24BrNO2. The van der Waals surface area contributed by atoms with Crippen molar-refractivity contribution >= 4 is 15.9 Å². The van der Waals surface area contributed by atoms with Crippen molar-refractivity contribution in [2.45, 2.75) is 39.2 Å². The van der Waals surface area contributed by atoms with E-state index in [1.54, 1.807) is 7.11 Å². The number of benzene rings is 1. The Morgan fingerprint density at radius 1 is 1.40 bits per heavy atom. The molecule has 0 spiro atoms. The summed E-state index contributed by atoms with van der Waals surface area (Å²) in [7, 11) is 1.65. The van der Waals surface area contributed by atoms with Crippen LogP contribution in [-0.2, 0) is 6.42 Å². The van der Waals surface area contributed by atoms with Crippen molar-refractivity contribution < 1.29 is 9.47 Å². The highest BCUT2D eigenvalue weighted by Crippen LogP contribution is 2.37. The second-order valence-electron chi connectivity index (χ2n) is 4.87. The number of rotatable bonds is 8. The summed E-state index contributed by atoms with van der Waals surface area (Å²) in [6.45, 7) is 8.59. The van der Waals surface area contributed by atoms with E-state index in [0.29, 0.717) is 6.61 Å². The average molecular weight is 342 g/mol. The first-order valence-corrected chi connectivity index (χ1v) is 7.72. The number of methoxy groups -OCH3 is 1. The molecule has 0 aliphatic heterocycles. The first-order valence-electron chi connectivity index (χ1n) is 6.93. The van der Waals surface area contributed by atoms with E-state index in [4.69, 9.17) is 15.2 Å². The second kappa shape index (κ2) is 8.32. The molecule has 1 rings (SSSR count). The summed E-state index contributed by atoms with van der Waals surface area (Å²) in [4.78, 5) is 0. The summed E-state index contributed by atoms with van der Waals surface area (Å²) in [5.41, 5.74) is 8.20. The average Bonchev–Trinajstić information content (AvgIpc) is 2.44. The molecule has 20 heavy (non-hydrogen) atoms. The number of nitrogens with two attached hydrogens (primary N) is 1. The Kier molecular flexibility index (Phi) is 7.10. The zero-order valence-electron chi connectivity index (χ0n) is 12.5. The van der Waals surface area contributed by atoms with Crippen LogP contribution in [-0.4, -0.2) is 19.8 Å². The lowest BCUT2D eigenvalue weighted by Crippen LogP contribution is -2.21. The molecule has 2 N–H and O–H groups in total. The molecule has 1 aromatic rings. The molecule has 0 radical (unpaired) electrons. The highest BCUT2D eigenvalue weighted by molar-refractivity contribution is 9.10. The lowest BCUT2D eigenvalue weighted by atomic mass is 10.0. The number of ether oxygens (including phenoxy) is 2. The van der Waals surface area contributed by atoms with Gasteiger partial charge in [-0.2, -0.15) is 0 Å². The van der Waals surface area contributed by atoms with Crippen LogP contribution in [0, 0.1) is 0 Å². The predicted octanol–water partition coefficient (Wildman–Crippen LogP) is 4.08. The number of halogens is 1. The molecule has 0 amide bonds. The van der Waals surface area contributed by atoms with Crippen molar-refractivity contribution in [2.24, 2.45) is 5.73 Å². The van der Waals surface area contributed by atoms with E-state index in [0.717, 1.165) is 46.4 Å². The number of hydrogen-bond acceptors (Lipinski definition) is 3. The highest BCUT2D eigenvalue weighted by Gasteiger charge is 2.13. The fraction of sp³-hybridized carbons (Fsp3) is 0.500. The van der Waals surface area contributed by atoms with Gasteiger partial charge in [-0.3, -0.25) is 0 Å². The molecule has 0 aromatic heterocycles. The minimum absolute atomic E-state index is 0.165. The molecule has 1 unspecified atom stereocenters. The first kappa shape index (κ1) is 17.1. The molecular weight excluding hydrogens is 318 g/mol. The van der Waals surface area contributed by atoms with E-state index in [1.165, 1.54) is 0 Å². The van der Waals surface area contributed by atoms with Gasteiger partial charge in [0, 0.05) is 6.04 Å². The summed E-state index contributed by atoms with van der Waals surface area (Å²) in [5, 5.41) is 0. The maximum atomic E-state index is 6.00. The topological polar surface area (TPSA) is 44.5 Å². The predicted molar refractivity (Wildman–Crippen MR) is 87.6 cm³/mol. The summed E-state index contributed by atoms with van der Waals surface area (Å²) in [5.74, 6) is 1.44. The Morgan fingerprint density at radius 3 is 2.65 bits per heavy atom. The molecule has 0 saturated heterocycles. The molecule has 0 fully saturated rings. The van der Waals surface area contributed by atoms with Crippen LogP contribution in [0.4, 0.5) is 0 Å². The van der Waals surface area contributed by atoms with Gasteiger partial charge in [0.1, 0.15) is 6.61 Å². The van der Waals surface area contributed by atoms with Crippen molar-refractivity contribution in [1.29, 1.82) is 0 Å². The van der Waals surface area contributed by atoms with Gasteiger partial charge in [0.2, 0.25) is 0 Å². The normalized spacial score (nSPS) is 12.1. The van der Waals surface area contributed by atoms with Crippen LogP contribution >= 0.6 is 15.9 Å². The van der Waals surface area contributed by atoms with Gasteiger partial charge >= 0.3 is 0 Å². The third-order valence-corrected chi connectivity index (χ3v) is 3.82. The third kappa shape index (κ3) is 4.84. The molecule has 112 valence electrons. The lowest BCUT2D eigenvalue weighted by molar-refractivity contribution is 0.315. The zero-order chi connectivity index (χ0) is 15.1. The van der Waals surface area contributed by atoms with Gasteiger partial charge in [0.25, 0.3) is 0 Å². The molecule has 0 heterocycles. The fourth-order valence-corrected chi connectivity index (χ4v) is 2.36. The molecule has 0 aliphatic rings. The molecule has 0 bridgehead atoms. The Hall–Kier alpha value is -1.00. The van der Waals surface area contributed by atoms with E-state index in [2.05, 4.69) is 36.4 Å². The van der Waals surface area contributed by atoms with Crippen molar-refractivity contribution in [2.75, 3.05) is 13.7 Å². The van der Waals surface area contributed by atoms with E-state index in [-0.39, 0.29) is 6.04 Å². The summed E-state index contributed by atoms with van der Waals surface area (Å²) in [6, 6.07) is 4.20. The second-order valence-corrected chi connectivity index (χ2v) is 5.73. The SMILES string of the molecule is C=C(CC)COc1c(Br)cc(CC(N)CC)cc1OC. The van der Waals surface area contributed by atoms with Gasteiger partial charge in [-0.25, -0.2) is 0 Å². The Morgan fingerprint density at radius 2 is 2.10 bits per heavy atom. The van der Waals surface area contributed by atoms with Crippen LogP contribution in [0.2, 0.25) is 0 Å². The van der Waals surface area contributed by atoms with Gasteiger partial charge in [-0.15, -0.1) is 0 Å². The Labute approximate surface area is 130 Å². The van der Waals surface area contributed by atoms with Crippen molar-refractivity contribution in [3.63, 3.8) is 0 Å². The zero-order valence-corrected chi connectivity index (χ0v) is 14.1. The van der Waals surface area contributed by atoms with E-state index in [1.807, 2.05) is 12.1 Å². The van der Waals surface area contributed by atoms with Crippen LogP contribution in [0.5, 0.6) is 11.5 Å². The summed E-state index contributed by atoms with van der Waals surface area (Å²) >= 11 is 3.55. The molecule has 1 aromatic carbocycles. The maximum Gasteiger partial charge on any atom is 0.175 e. The van der Waals surface area contributed by atoms with Crippen LogP contribution < -0.4 is 15.2 Å². The van der Waals surface area contributed by atoms with Gasteiger partial charge < -0.3 is 15.2 Å². The molecule has 1 atom stereocenters. The summed E-state index contributed by atoms with van der Waals surface area (Å²) < 4.78 is 12.1. The van der Waals surface area contributed by atoms with Crippen molar-refractivity contribution in [3.05, 3.63) is 34.3 Å². The van der Waals surface area contributed by atoms with E-state index < -0.39 is 0 Å². The van der Waals surface area contributed by atoms with Crippen molar-refractivity contribution in [3.8, 4) is 11.5 Å². The van der Waals surface area contributed by atoms with Crippen LogP contribution in [0.3, 0.4) is 0 Å². The van der Waals surface area contributed by atoms with E-state index in [9.17, 15) is 0 Å². The Balaban J connectivity index is 2.92. The standard InChI is InChI=1S/C16H24BrNO2/c1-5-11(3)10-20-16-14(17)8-12(7-13(18)6-2)9-15(16)19-4/h8-9,13H,3,5-7,10,18H2,1-2,4H3. The lowest BCUT2D eigenvalue weighted by Gasteiger charge is -2.16. The maximum absolute atomic E-state index is 6.00. The molecule has 0 saturated carbocycles. The molecule has 3 nitrogen and oxygen atoms in total. The largest absolute Gasteiger partial charge is 0.493 e. The Bertz CT molecular complexity index is 460. The van der Waals surface area contributed by atoms with Gasteiger partial charge in [-0.1, -0.05) is 20.4 Å². The van der Waals surface area contributed by atoms with Crippen LogP contribution in [0.15, 0.2) is 28.8 Å². The quantitative estimate of drug-likeness (QED) is 0.724. The smallest absolute Gasteiger partial charge is 0.175 e. The highest BCUT2D eigenvalue weighted by atomic mass is 79.9. The number of hydrogen-bond donors (Lipinski definition) is 1.